The molecule has 1 atom stereocenters. The summed E-state index contributed by atoms with van der Waals surface area (Å²) in [7, 11) is 1.59. The van der Waals surface area contributed by atoms with E-state index in [4.69, 9.17) is 14.0 Å². The van der Waals surface area contributed by atoms with Crippen LogP contribution >= 0.6 is 11.3 Å². The lowest BCUT2D eigenvalue weighted by Crippen LogP contribution is -2.41. The highest BCUT2D eigenvalue weighted by Crippen LogP contribution is 2.23. The summed E-state index contributed by atoms with van der Waals surface area (Å²) in [5, 5.41) is 5.95. The molecule has 0 radical (unpaired) electrons. The number of hydrogen-bond donors (Lipinski definition) is 0. The lowest BCUT2D eigenvalue weighted by molar-refractivity contribution is -0.139. The van der Waals surface area contributed by atoms with Crippen molar-refractivity contribution in [2.45, 2.75) is 32.9 Å². The van der Waals surface area contributed by atoms with Crippen molar-refractivity contribution in [2.24, 2.45) is 0 Å². The van der Waals surface area contributed by atoms with Gasteiger partial charge in [0.05, 0.1) is 12.0 Å². The Bertz CT molecular complexity index is 895. The average Bonchev–Trinajstić information content (AvgIpc) is 3.41. The summed E-state index contributed by atoms with van der Waals surface area (Å²) in [5.74, 6) is 2.08. The van der Waals surface area contributed by atoms with Crippen LogP contribution in [0.15, 0.2) is 46.3 Å². The summed E-state index contributed by atoms with van der Waals surface area (Å²) in [6.45, 7) is 4.57. The summed E-state index contributed by atoms with van der Waals surface area (Å²) in [6, 6.07) is 11.1. The molecule has 0 aliphatic rings. The van der Waals surface area contributed by atoms with Gasteiger partial charge in [-0.05, 0) is 36.9 Å². The second-order valence-electron chi connectivity index (χ2n) is 6.04. The molecule has 28 heavy (non-hydrogen) atoms. The van der Waals surface area contributed by atoms with Gasteiger partial charge in [-0.3, -0.25) is 4.79 Å². The van der Waals surface area contributed by atoms with Crippen molar-refractivity contribution in [1.82, 2.24) is 15.0 Å². The van der Waals surface area contributed by atoms with Crippen molar-refractivity contribution in [3.63, 3.8) is 0 Å². The van der Waals surface area contributed by atoms with Gasteiger partial charge < -0.3 is 18.9 Å². The van der Waals surface area contributed by atoms with Crippen molar-refractivity contribution < 1.29 is 18.8 Å². The standard InChI is InChI=1S/C20H23N3O4S/c1-4-16(26-15-9-6-8-14(12-15)25-3)20(24)23(5-2)13-18-21-19(22-27-18)17-10-7-11-28-17/h6-12,16H,4-5,13H2,1-3H3/t16-/m1/s1. The third kappa shape index (κ3) is 4.69. The molecule has 7 nitrogen and oxygen atoms in total. The number of carbonyl (C=O) groups excluding carboxylic acids is 1. The molecule has 0 aliphatic carbocycles. The normalized spacial score (nSPS) is 11.8. The monoisotopic (exact) mass is 401 g/mol. The molecule has 0 fully saturated rings. The molecule has 1 aromatic carbocycles. The van der Waals surface area contributed by atoms with Crippen LogP contribution in [-0.2, 0) is 11.3 Å². The van der Waals surface area contributed by atoms with Gasteiger partial charge >= 0.3 is 0 Å². The Labute approximate surface area is 167 Å². The zero-order valence-corrected chi connectivity index (χ0v) is 16.9. The fourth-order valence-electron chi connectivity index (χ4n) is 2.68. The lowest BCUT2D eigenvalue weighted by atomic mass is 10.2. The van der Waals surface area contributed by atoms with Gasteiger partial charge in [0.15, 0.2) is 6.10 Å². The van der Waals surface area contributed by atoms with E-state index in [2.05, 4.69) is 10.1 Å². The van der Waals surface area contributed by atoms with E-state index in [1.165, 1.54) is 11.3 Å². The number of thiophene rings is 1. The number of carbonyl (C=O) groups is 1. The van der Waals surface area contributed by atoms with Gasteiger partial charge in [0.25, 0.3) is 5.91 Å². The topological polar surface area (TPSA) is 77.7 Å². The number of ether oxygens (including phenoxy) is 2. The van der Waals surface area contributed by atoms with Crippen LogP contribution in [0.4, 0.5) is 0 Å². The Kier molecular flexibility index (Phi) is 6.65. The predicted octanol–water partition coefficient (Wildman–Crippen LogP) is 4.01. The first-order valence-corrected chi connectivity index (χ1v) is 9.98. The van der Waals surface area contributed by atoms with Gasteiger partial charge in [-0.2, -0.15) is 4.98 Å². The molecule has 1 amide bonds. The molecule has 8 heteroatoms. The highest BCUT2D eigenvalue weighted by Gasteiger charge is 2.25. The van der Waals surface area contributed by atoms with Crippen LogP contribution in [0, 0.1) is 0 Å². The van der Waals surface area contributed by atoms with E-state index in [-0.39, 0.29) is 12.5 Å². The number of rotatable bonds is 9. The van der Waals surface area contributed by atoms with E-state index in [0.29, 0.717) is 36.2 Å². The average molecular weight is 401 g/mol. The highest BCUT2D eigenvalue weighted by molar-refractivity contribution is 7.13. The van der Waals surface area contributed by atoms with Crippen molar-refractivity contribution >= 4 is 17.2 Å². The van der Waals surface area contributed by atoms with E-state index < -0.39 is 6.10 Å². The van der Waals surface area contributed by atoms with Gasteiger partial charge in [-0.1, -0.05) is 24.2 Å². The maximum atomic E-state index is 13.0. The Morgan fingerprint density at radius 1 is 1.25 bits per heavy atom. The van der Waals surface area contributed by atoms with E-state index in [0.717, 1.165) is 4.88 Å². The maximum absolute atomic E-state index is 13.0. The largest absolute Gasteiger partial charge is 0.497 e. The van der Waals surface area contributed by atoms with Crippen molar-refractivity contribution in [3.8, 4) is 22.2 Å². The number of hydrogen-bond acceptors (Lipinski definition) is 7. The van der Waals surface area contributed by atoms with E-state index in [9.17, 15) is 4.79 Å². The molecule has 0 saturated heterocycles. The number of nitrogens with zero attached hydrogens (tertiary/aromatic N) is 3. The zero-order valence-electron chi connectivity index (χ0n) is 16.1. The number of amides is 1. The first kappa shape index (κ1) is 19.9. The first-order chi connectivity index (χ1) is 13.6. The van der Waals surface area contributed by atoms with Gasteiger partial charge in [-0.25, -0.2) is 0 Å². The minimum absolute atomic E-state index is 0.122. The summed E-state index contributed by atoms with van der Waals surface area (Å²) in [5.41, 5.74) is 0. The molecule has 0 unspecified atom stereocenters. The molecule has 2 heterocycles. The maximum Gasteiger partial charge on any atom is 0.264 e. The van der Waals surface area contributed by atoms with Crippen molar-refractivity contribution in [1.29, 1.82) is 0 Å². The van der Waals surface area contributed by atoms with Gasteiger partial charge in [0, 0.05) is 12.6 Å². The molecule has 0 N–H and O–H groups in total. The molecule has 0 bridgehead atoms. The van der Waals surface area contributed by atoms with Crippen LogP contribution in [-0.4, -0.2) is 40.7 Å². The Hall–Kier alpha value is -2.87. The second kappa shape index (κ2) is 9.36. The molecule has 3 rings (SSSR count). The Morgan fingerprint density at radius 3 is 2.75 bits per heavy atom. The van der Waals surface area contributed by atoms with Gasteiger partial charge in [0.2, 0.25) is 11.7 Å². The second-order valence-corrected chi connectivity index (χ2v) is 6.98. The molecular formula is C20H23N3O4S. The van der Waals surface area contributed by atoms with Gasteiger partial charge in [-0.15, -0.1) is 11.3 Å². The van der Waals surface area contributed by atoms with Crippen LogP contribution in [0.3, 0.4) is 0 Å². The third-order valence-electron chi connectivity index (χ3n) is 4.19. The molecular weight excluding hydrogens is 378 g/mol. The zero-order chi connectivity index (χ0) is 19.9. The number of methoxy groups -OCH3 is 1. The van der Waals surface area contributed by atoms with Crippen LogP contribution in [0.2, 0.25) is 0 Å². The van der Waals surface area contributed by atoms with E-state index in [1.54, 1.807) is 24.1 Å². The first-order valence-electron chi connectivity index (χ1n) is 9.10. The molecule has 0 spiro atoms. The Morgan fingerprint density at radius 2 is 2.07 bits per heavy atom. The smallest absolute Gasteiger partial charge is 0.264 e. The summed E-state index contributed by atoms with van der Waals surface area (Å²) >= 11 is 1.54. The van der Waals surface area contributed by atoms with Crippen LogP contribution < -0.4 is 9.47 Å². The summed E-state index contributed by atoms with van der Waals surface area (Å²) in [4.78, 5) is 20.0. The molecule has 3 aromatic rings. The number of likely N-dealkylation sites (N-methyl/N-ethyl adjacent to an activating group) is 1. The molecule has 0 aliphatic heterocycles. The lowest BCUT2D eigenvalue weighted by Gasteiger charge is -2.25. The molecule has 0 saturated carbocycles. The van der Waals surface area contributed by atoms with Crippen LogP contribution in [0.5, 0.6) is 11.5 Å². The van der Waals surface area contributed by atoms with Crippen molar-refractivity contribution in [3.05, 3.63) is 47.7 Å². The predicted molar refractivity (Wildman–Crippen MR) is 106 cm³/mol. The van der Waals surface area contributed by atoms with Crippen LogP contribution in [0.1, 0.15) is 26.2 Å². The SMILES string of the molecule is CC[C@@H](Oc1cccc(OC)c1)C(=O)N(CC)Cc1nc(-c2cccs2)no1. The quantitative estimate of drug-likeness (QED) is 0.539. The third-order valence-corrected chi connectivity index (χ3v) is 5.06. The Balaban J connectivity index is 1.68. The van der Waals surface area contributed by atoms with E-state index >= 15 is 0 Å². The fourth-order valence-corrected chi connectivity index (χ4v) is 3.33. The fraction of sp³-hybridized carbons (Fsp3) is 0.350. The summed E-state index contributed by atoms with van der Waals surface area (Å²) in [6.07, 6.45) is -0.0664. The van der Waals surface area contributed by atoms with Gasteiger partial charge in [0.1, 0.15) is 18.0 Å². The number of aromatic nitrogens is 2. The molecule has 2 aromatic heterocycles. The van der Waals surface area contributed by atoms with Crippen LogP contribution in [0.25, 0.3) is 10.7 Å². The minimum Gasteiger partial charge on any atom is -0.497 e. The van der Waals surface area contributed by atoms with E-state index in [1.807, 2.05) is 43.5 Å². The number of benzene rings is 1. The molecule has 148 valence electrons. The minimum atomic E-state index is -0.605. The highest BCUT2D eigenvalue weighted by atomic mass is 32.1. The van der Waals surface area contributed by atoms with Crippen molar-refractivity contribution in [2.75, 3.05) is 13.7 Å². The summed E-state index contributed by atoms with van der Waals surface area (Å²) < 4.78 is 16.5.